The van der Waals surface area contributed by atoms with Crippen molar-refractivity contribution in [2.24, 2.45) is 0 Å². The van der Waals surface area contributed by atoms with Gasteiger partial charge in [0.1, 0.15) is 0 Å². The van der Waals surface area contributed by atoms with Gasteiger partial charge in [-0.25, -0.2) is 4.68 Å². The highest BCUT2D eigenvalue weighted by atomic mass is 32.2. The predicted molar refractivity (Wildman–Crippen MR) is 116 cm³/mol. The minimum Gasteiger partial charge on any atom is -0.336 e. The van der Waals surface area contributed by atoms with E-state index in [2.05, 4.69) is 39.1 Å². The molecule has 8 heteroatoms. The zero-order valence-corrected chi connectivity index (χ0v) is 17.9. The fourth-order valence-corrected chi connectivity index (χ4v) is 5.23. The first-order valence-electron chi connectivity index (χ1n) is 10.0. The molecular weight excluding hydrogens is 402 g/mol. The third kappa shape index (κ3) is 5.45. The van der Waals surface area contributed by atoms with Crippen LogP contribution in [-0.4, -0.2) is 43.3 Å². The summed E-state index contributed by atoms with van der Waals surface area (Å²) < 4.78 is 1.92. The number of nitrogens with zero attached hydrogens (tertiary/aromatic N) is 5. The Labute approximate surface area is 179 Å². The first kappa shape index (κ1) is 20.1. The average Bonchev–Trinajstić information content (AvgIpc) is 3.52. The van der Waals surface area contributed by atoms with Crippen molar-refractivity contribution in [3.8, 4) is 0 Å². The molecule has 0 aliphatic heterocycles. The van der Waals surface area contributed by atoms with Crippen LogP contribution in [0.5, 0.6) is 0 Å². The van der Waals surface area contributed by atoms with Crippen LogP contribution < -0.4 is 0 Å². The number of thioether (sulfide) groups is 1. The first-order valence-corrected chi connectivity index (χ1v) is 11.9. The Hall–Kier alpha value is -2.19. The van der Waals surface area contributed by atoms with Gasteiger partial charge >= 0.3 is 0 Å². The number of amides is 1. The number of tetrazole rings is 1. The molecule has 0 bridgehead atoms. The number of benzene rings is 1. The molecule has 2 aromatic heterocycles. The van der Waals surface area contributed by atoms with E-state index in [1.807, 2.05) is 33.8 Å². The Balaban J connectivity index is 1.38. The van der Waals surface area contributed by atoms with E-state index >= 15 is 0 Å². The lowest BCUT2D eigenvalue weighted by Gasteiger charge is -2.22. The summed E-state index contributed by atoms with van der Waals surface area (Å²) in [5.41, 5.74) is 1.24. The van der Waals surface area contributed by atoms with Gasteiger partial charge in [0.15, 0.2) is 0 Å². The van der Waals surface area contributed by atoms with Crippen LogP contribution >= 0.6 is 23.1 Å². The minimum absolute atomic E-state index is 0.125. The van der Waals surface area contributed by atoms with Crippen LogP contribution in [0.2, 0.25) is 0 Å². The number of hydrogen-bond acceptors (Lipinski definition) is 6. The molecule has 4 rings (SSSR count). The number of carbonyl (C=O) groups excluding carboxylic acids is 1. The molecule has 2 heterocycles. The maximum absolute atomic E-state index is 13.1. The zero-order valence-electron chi connectivity index (χ0n) is 16.3. The van der Waals surface area contributed by atoms with Gasteiger partial charge in [-0.1, -0.05) is 61.0 Å². The second-order valence-electron chi connectivity index (χ2n) is 7.26. The molecule has 1 aliphatic carbocycles. The van der Waals surface area contributed by atoms with E-state index in [4.69, 9.17) is 0 Å². The molecule has 0 spiro atoms. The molecule has 0 unspecified atom stereocenters. The number of carbonyl (C=O) groups is 1. The van der Waals surface area contributed by atoms with Crippen molar-refractivity contribution < 1.29 is 4.79 Å². The fraction of sp³-hybridized carbons (Fsp3) is 0.429. The maximum atomic E-state index is 13.1. The highest BCUT2D eigenvalue weighted by molar-refractivity contribution is 7.99. The zero-order chi connectivity index (χ0) is 19.9. The lowest BCUT2D eigenvalue weighted by atomic mass is 10.1. The number of aromatic nitrogens is 4. The van der Waals surface area contributed by atoms with Gasteiger partial charge in [-0.15, -0.1) is 16.4 Å². The highest BCUT2D eigenvalue weighted by Gasteiger charge is 2.23. The summed E-state index contributed by atoms with van der Waals surface area (Å²) in [6, 6.07) is 14.8. The predicted octanol–water partition coefficient (Wildman–Crippen LogP) is 4.21. The van der Waals surface area contributed by atoms with Crippen LogP contribution in [0.3, 0.4) is 0 Å². The molecule has 3 aromatic rings. The maximum Gasteiger partial charge on any atom is 0.233 e. The molecule has 6 nitrogen and oxygen atoms in total. The van der Waals surface area contributed by atoms with E-state index in [-0.39, 0.29) is 5.91 Å². The molecule has 1 saturated carbocycles. The van der Waals surface area contributed by atoms with Crippen molar-refractivity contribution in [3.05, 3.63) is 58.3 Å². The van der Waals surface area contributed by atoms with Gasteiger partial charge in [-0.3, -0.25) is 4.79 Å². The standard InChI is InChI=1S/C21H25N5OS2/c27-20(16-29-21-22-23-24-26(21)18-9-4-5-10-18)25(15-19-11-6-14-28-19)13-12-17-7-2-1-3-8-17/h1-3,6-8,11,14,18H,4-5,9-10,12-13,15-16H2. The van der Waals surface area contributed by atoms with Crippen LogP contribution in [0.15, 0.2) is 53.0 Å². The number of rotatable bonds is 9. The Bertz CT molecular complexity index is 891. The summed E-state index contributed by atoms with van der Waals surface area (Å²) in [5, 5.41) is 15.0. The number of hydrogen-bond donors (Lipinski definition) is 0. The molecule has 0 N–H and O–H groups in total. The lowest BCUT2D eigenvalue weighted by molar-refractivity contribution is -0.128. The molecule has 0 atom stereocenters. The third-order valence-corrected chi connectivity index (χ3v) is 7.03. The SMILES string of the molecule is O=C(CSc1nnnn1C1CCCC1)N(CCc1ccccc1)Cc1cccs1. The van der Waals surface area contributed by atoms with Crippen molar-refractivity contribution in [2.45, 2.75) is 49.8 Å². The van der Waals surface area contributed by atoms with Crippen LogP contribution in [0.25, 0.3) is 0 Å². The molecule has 1 amide bonds. The summed E-state index contributed by atoms with van der Waals surface area (Å²) >= 11 is 3.14. The van der Waals surface area contributed by atoms with Gasteiger partial charge in [0.25, 0.3) is 0 Å². The summed E-state index contributed by atoms with van der Waals surface area (Å²) in [7, 11) is 0. The fourth-order valence-electron chi connectivity index (χ4n) is 3.67. The average molecular weight is 428 g/mol. The summed E-state index contributed by atoms with van der Waals surface area (Å²) in [6.45, 7) is 1.35. The van der Waals surface area contributed by atoms with Gasteiger partial charge in [0.2, 0.25) is 11.1 Å². The molecule has 0 radical (unpaired) electrons. The van der Waals surface area contributed by atoms with Crippen LogP contribution in [0.1, 0.15) is 42.2 Å². The van der Waals surface area contributed by atoms with E-state index < -0.39 is 0 Å². The van der Waals surface area contributed by atoms with Gasteiger partial charge in [0.05, 0.1) is 18.3 Å². The smallest absolute Gasteiger partial charge is 0.233 e. The Morgan fingerprint density at radius 3 is 2.76 bits per heavy atom. The largest absolute Gasteiger partial charge is 0.336 e. The topological polar surface area (TPSA) is 63.9 Å². The van der Waals surface area contributed by atoms with E-state index in [0.29, 0.717) is 24.9 Å². The van der Waals surface area contributed by atoms with Crippen molar-refractivity contribution in [2.75, 3.05) is 12.3 Å². The molecule has 29 heavy (non-hydrogen) atoms. The van der Waals surface area contributed by atoms with E-state index in [1.165, 1.54) is 35.0 Å². The molecule has 1 aromatic carbocycles. The molecule has 1 fully saturated rings. The van der Waals surface area contributed by atoms with Gasteiger partial charge in [0, 0.05) is 11.4 Å². The Morgan fingerprint density at radius 1 is 1.17 bits per heavy atom. The molecular formula is C21H25N5OS2. The third-order valence-electron chi connectivity index (χ3n) is 5.25. The molecule has 152 valence electrons. The Morgan fingerprint density at radius 2 is 2.00 bits per heavy atom. The summed E-state index contributed by atoms with van der Waals surface area (Å²) in [5.74, 6) is 0.480. The van der Waals surface area contributed by atoms with Crippen LogP contribution in [0, 0.1) is 0 Å². The van der Waals surface area contributed by atoms with Crippen molar-refractivity contribution in [1.29, 1.82) is 0 Å². The van der Waals surface area contributed by atoms with Crippen molar-refractivity contribution in [1.82, 2.24) is 25.1 Å². The van der Waals surface area contributed by atoms with Crippen LogP contribution in [0.4, 0.5) is 0 Å². The van der Waals surface area contributed by atoms with Crippen molar-refractivity contribution in [3.63, 3.8) is 0 Å². The van der Waals surface area contributed by atoms with E-state index in [9.17, 15) is 4.79 Å². The highest BCUT2D eigenvalue weighted by Crippen LogP contribution is 2.31. The summed E-state index contributed by atoms with van der Waals surface area (Å²) in [4.78, 5) is 16.2. The second-order valence-corrected chi connectivity index (χ2v) is 9.24. The van der Waals surface area contributed by atoms with E-state index in [0.717, 1.165) is 24.4 Å². The first-order chi connectivity index (χ1) is 14.3. The van der Waals surface area contributed by atoms with Gasteiger partial charge in [-0.2, -0.15) is 0 Å². The summed E-state index contributed by atoms with van der Waals surface area (Å²) in [6.07, 6.45) is 5.54. The van der Waals surface area contributed by atoms with Crippen molar-refractivity contribution >= 4 is 29.0 Å². The normalized spacial score (nSPS) is 14.3. The van der Waals surface area contributed by atoms with Gasteiger partial charge < -0.3 is 4.90 Å². The Kier molecular flexibility index (Phi) is 6.95. The lowest BCUT2D eigenvalue weighted by Crippen LogP contribution is -2.33. The quantitative estimate of drug-likeness (QED) is 0.479. The van der Waals surface area contributed by atoms with Crippen LogP contribution in [-0.2, 0) is 17.8 Å². The van der Waals surface area contributed by atoms with Gasteiger partial charge in [-0.05, 0) is 46.7 Å². The van der Waals surface area contributed by atoms with E-state index in [1.54, 1.807) is 11.3 Å². The monoisotopic (exact) mass is 427 g/mol. The molecule has 0 saturated heterocycles. The second kappa shape index (κ2) is 10.0. The molecule has 1 aliphatic rings. The minimum atomic E-state index is 0.125. The number of thiophene rings is 1.